The number of benzene rings is 3. The summed E-state index contributed by atoms with van der Waals surface area (Å²) in [6, 6.07) is 22.1. The molecular weight excluding hydrogens is 361 g/mol. The van der Waals surface area contributed by atoms with Crippen LogP contribution in [0.5, 0.6) is 0 Å². The van der Waals surface area contributed by atoms with Crippen LogP contribution in [0.4, 0.5) is 10.1 Å². The molecule has 0 aromatic heterocycles. The van der Waals surface area contributed by atoms with Crippen molar-refractivity contribution in [3.05, 3.63) is 101 Å². The second-order valence-corrected chi connectivity index (χ2v) is 8.57. The van der Waals surface area contributed by atoms with Crippen LogP contribution in [-0.4, -0.2) is 5.78 Å². The maximum Gasteiger partial charge on any atom is 0.165 e. The number of rotatable bonds is 6. The lowest BCUT2D eigenvalue weighted by molar-refractivity contribution is 0.0976. The highest BCUT2D eigenvalue weighted by Crippen LogP contribution is 2.28. The third-order valence-electron chi connectivity index (χ3n) is 5.13. The Labute approximate surface area is 172 Å². The predicted octanol–water partition coefficient (Wildman–Crippen LogP) is 6.86. The minimum atomic E-state index is -0.280. The molecule has 0 spiro atoms. The Morgan fingerprint density at radius 1 is 0.897 bits per heavy atom. The van der Waals surface area contributed by atoms with Crippen LogP contribution in [0, 0.1) is 12.7 Å². The molecule has 3 rings (SSSR count). The number of Topliss-reactive ketones (excluding diaryl/α,β-unsaturated/α-hetero) is 1. The molecule has 29 heavy (non-hydrogen) atoms. The van der Waals surface area contributed by atoms with Crippen molar-refractivity contribution in [3.8, 4) is 0 Å². The van der Waals surface area contributed by atoms with E-state index < -0.39 is 0 Å². The molecule has 0 radical (unpaired) electrons. The van der Waals surface area contributed by atoms with Gasteiger partial charge in [0.15, 0.2) is 5.78 Å². The molecule has 0 saturated heterocycles. The lowest BCUT2D eigenvalue weighted by Gasteiger charge is -2.23. The number of hydrogen-bond acceptors (Lipinski definition) is 2. The van der Waals surface area contributed by atoms with Gasteiger partial charge in [-0.05, 0) is 47.7 Å². The molecular formula is C26H28FNO. The molecule has 0 unspecified atom stereocenters. The number of carbonyl (C=O) groups excluding carboxylic acids is 1. The van der Waals surface area contributed by atoms with E-state index in [1.807, 2.05) is 31.2 Å². The summed E-state index contributed by atoms with van der Waals surface area (Å²) in [5, 5.41) is 3.41. The first-order chi connectivity index (χ1) is 13.7. The number of carbonyl (C=O) groups is 1. The lowest BCUT2D eigenvalue weighted by atomic mass is 9.86. The molecule has 0 aliphatic carbocycles. The molecule has 0 amide bonds. The zero-order valence-electron chi connectivity index (χ0n) is 17.5. The van der Waals surface area contributed by atoms with Crippen molar-refractivity contribution in [1.29, 1.82) is 0 Å². The van der Waals surface area contributed by atoms with Gasteiger partial charge in [-0.2, -0.15) is 0 Å². The van der Waals surface area contributed by atoms with Crippen LogP contribution >= 0.6 is 0 Å². The average molecular weight is 390 g/mol. The smallest absolute Gasteiger partial charge is 0.165 e. The normalized spacial score (nSPS) is 12.4. The van der Waals surface area contributed by atoms with Crippen LogP contribution in [0.1, 0.15) is 60.3 Å². The quantitative estimate of drug-likeness (QED) is 0.467. The minimum Gasteiger partial charge on any atom is -0.378 e. The predicted molar refractivity (Wildman–Crippen MR) is 118 cm³/mol. The summed E-state index contributed by atoms with van der Waals surface area (Å²) >= 11 is 0. The second kappa shape index (κ2) is 8.60. The van der Waals surface area contributed by atoms with Gasteiger partial charge in [0.25, 0.3) is 0 Å². The first-order valence-corrected chi connectivity index (χ1v) is 9.95. The van der Waals surface area contributed by atoms with E-state index >= 15 is 0 Å². The van der Waals surface area contributed by atoms with Crippen molar-refractivity contribution in [2.75, 3.05) is 5.32 Å². The number of halogens is 1. The van der Waals surface area contributed by atoms with Crippen molar-refractivity contribution in [2.45, 2.75) is 45.6 Å². The summed E-state index contributed by atoms with van der Waals surface area (Å²) in [7, 11) is 0. The number of hydrogen-bond donors (Lipinski definition) is 1. The summed E-state index contributed by atoms with van der Waals surface area (Å²) in [6.45, 7) is 8.54. The van der Waals surface area contributed by atoms with Gasteiger partial charge in [0.05, 0.1) is 6.04 Å². The van der Waals surface area contributed by atoms with Crippen molar-refractivity contribution in [1.82, 2.24) is 0 Å². The fraction of sp³-hybridized carbons (Fsp3) is 0.269. The van der Waals surface area contributed by atoms with Gasteiger partial charge in [0.1, 0.15) is 5.82 Å². The molecule has 1 N–H and O–H groups in total. The zero-order valence-corrected chi connectivity index (χ0v) is 17.5. The van der Waals surface area contributed by atoms with Crippen LogP contribution in [0.15, 0.2) is 72.8 Å². The van der Waals surface area contributed by atoms with E-state index in [-0.39, 0.29) is 23.1 Å². The number of anilines is 1. The summed E-state index contributed by atoms with van der Waals surface area (Å²) in [6.07, 6.45) is 0.315. The Kier molecular flexibility index (Phi) is 6.17. The Balaban J connectivity index is 1.87. The average Bonchev–Trinajstić information content (AvgIpc) is 2.69. The highest BCUT2D eigenvalue weighted by atomic mass is 19.1. The molecule has 2 nitrogen and oxygen atoms in total. The van der Waals surface area contributed by atoms with Gasteiger partial charge < -0.3 is 5.32 Å². The van der Waals surface area contributed by atoms with Gasteiger partial charge in [-0.1, -0.05) is 74.9 Å². The molecule has 0 bridgehead atoms. The van der Waals surface area contributed by atoms with Crippen molar-refractivity contribution in [3.63, 3.8) is 0 Å². The minimum absolute atomic E-state index is 0.0656. The molecule has 3 aromatic carbocycles. The standard InChI is InChI=1S/C26H28FNO/c1-18-5-7-20(8-6-18)25(29)17-24(28-23-15-13-22(27)14-16-23)19-9-11-21(12-10-19)26(2,3)4/h5-16,24,28H,17H2,1-4H3/t24-/m0/s1. The van der Waals surface area contributed by atoms with E-state index in [9.17, 15) is 9.18 Å². The summed E-state index contributed by atoms with van der Waals surface area (Å²) in [5.74, 6) is -0.207. The SMILES string of the molecule is Cc1ccc(C(=O)C[C@H](Nc2ccc(F)cc2)c2ccc(C(C)(C)C)cc2)cc1. The number of aryl methyl sites for hydroxylation is 1. The topological polar surface area (TPSA) is 29.1 Å². The van der Waals surface area contributed by atoms with E-state index in [1.54, 1.807) is 12.1 Å². The van der Waals surface area contributed by atoms with E-state index in [0.29, 0.717) is 12.0 Å². The van der Waals surface area contributed by atoms with Gasteiger partial charge in [0.2, 0.25) is 0 Å². The molecule has 0 fully saturated rings. The van der Waals surface area contributed by atoms with Crippen molar-refractivity contribution < 1.29 is 9.18 Å². The first-order valence-electron chi connectivity index (χ1n) is 9.95. The van der Waals surface area contributed by atoms with Crippen LogP contribution < -0.4 is 5.32 Å². The summed E-state index contributed by atoms with van der Waals surface area (Å²) in [5.41, 5.74) is 4.95. The van der Waals surface area contributed by atoms with E-state index in [0.717, 1.165) is 16.8 Å². The summed E-state index contributed by atoms with van der Waals surface area (Å²) < 4.78 is 13.3. The third kappa shape index (κ3) is 5.54. The zero-order chi connectivity index (χ0) is 21.0. The van der Waals surface area contributed by atoms with Crippen LogP contribution in [0.25, 0.3) is 0 Å². The highest BCUT2D eigenvalue weighted by Gasteiger charge is 2.19. The van der Waals surface area contributed by atoms with Gasteiger partial charge in [-0.15, -0.1) is 0 Å². The molecule has 0 aliphatic heterocycles. The maximum atomic E-state index is 13.3. The van der Waals surface area contributed by atoms with E-state index in [4.69, 9.17) is 0 Å². The molecule has 0 saturated carbocycles. The second-order valence-electron chi connectivity index (χ2n) is 8.57. The summed E-state index contributed by atoms with van der Waals surface area (Å²) in [4.78, 5) is 12.9. The third-order valence-corrected chi connectivity index (χ3v) is 5.13. The van der Waals surface area contributed by atoms with Gasteiger partial charge >= 0.3 is 0 Å². The van der Waals surface area contributed by atoms with Crippen molar-refractivity contribution in [2.24, 2.45) is 0 Å². The number of ketones is 1. The van der Waals surface area contributed by atoms with E-state index in [2.05, 4.69) is 50.4 Å². The molecule has 0 heterocycles. The Bertz CT molecular complexity index is 952. The molecule has 3 aromatic rings. The highest BCUT2D eigenvalue weighted by molar-refractivity contribution is 5.96. The monoisotopic (exact) mass is 389 g/mol. The van der Waals surface area contributed by atoms with Crippen molar-refractivity contribution >= 4 is 11.5 Å². The van der Waals surface area contributed by atoms with Crippen LogP contribution in [-0.2, 0) is 5.41 Å². The van der Waals surface area contributed by atoms with Gasteiger partial charge in [0, 0.05) is 17.7 Å². The van der Waals surface area contributed by atoms with E-state index in [1.165, 1.54) is 17.7 Å². The fourth-order valence-electron chi connectivity index (χ4n) is 3.26. The van der Waals surface area contributed by atoms with Gasteiger partial charge in [-0.25, -0.2) is 4.39 Å². The maximum absolute atomic E-state index is 13.3. The molecule has 150 valence electrons. The lowest BCUT2D eigenvalue weighted by Crippen LogP contribution is -2.17. The Morgan fingerprint density at radius 3 is 2.03 bits per heavy atom. The number of nitrogens with one attached hydrogen (secondary N) is 1. The molecule has 0 aliphatic rings. The molecule has 1 atom stereocenters. The first kappa shape index (κ1) is 20.8. The largest absolute Gasteiger partial charge is 0.378 e. The van der Waals surface area contributed by atoms with Gasteiger partial charge in [-0.3, -0.25) is 4.79 Å². The molecule has 3 heteroatoms. The fourth-order valence-corrected chi connectivity index (χ4v) is 3.26. The van der Waals surface area contributed by atoms with Crippen LogP contribution in [0.3, 0.4) is 0 Å². The Morgan fingerprint density at radius 2 is 1.48 bits per heavy atom. The van der Waals surface area contributed by atoms with Crippen LogP contribution in [0.2, 0.25) is 0 Å². The Hall–Kier alpha value is -2.94.